The number of para-hydroxylation sites is 1. The second kappa shape index (κ2) is 6.22. The Balaban J connectivity index is 1.79. The Bertz CT molecular complexity index is 663. The van der Waals surface area contributed by atoms with Crippen LogP contribution in [0.1, 0.15) is 37.3 Å². The van der Waals surface area contributed by atoms with Gasteiger partial charge in [-0.15, -0.1) is 0 Å². The van der Waals surface area contributed by atoms with Crippen molar-refractivity contribution in [2.45, 2.75) is 38.6 Å². The number of hydrogen-bond donors (Lipinski definition) is 2. The zero-order valence-electron chi connectivity index (χ0n) is 13.1. The van der Waals surface area contributed by atoms with Crippen LogP contribution in [0.5, 0.6) is 0 Å². The van der Waals surface area contributed by atoms with Crippen LogP contribution in [-0.4, -0.2) is 11.9 Å². The van der Waals surface area contributed by atoms with Gasteiger partial charge < -0.3 is 10.6 Å². The third-order valence-corrected chi connectivity index (χ3v) is 4.27. The van der Waals surface area contributed by atoms with Crippen molar-refractivity contribution in [2.75, 3.05) is 10.6 Å². The van der Waals surface area contributed by atoms with Crippen molar-refractivity contribution in [1.29, 1.82) is 0 Å². The topological polar surface area (TPSA) is 41.1 Å². The average molecular weight is 294 g/mol. The summed E-state index contributed by atoms with van der Waals surface area (Å²) in [4.78, 5) is 12.7. The number of benzene rings is 2. The molecule has 3 heteroatoms. The number of hydrogen-bond acceptors (Lipinski definition) is 2. The van der Waals surface area contributed by atoms with E-state index in [0.717, 1.165) is 29.8 Å². The Kier molecular flexibility index (Phi) is 4.14. The van der Waals surface area contributed by atoms with Crippen LogP contribution in [0.15, 0.2) is 48.5 Å². The van der Waals surface area contributed by atoms with E-state index < -0.39 is 0 Å². The van der Waals surface area contributed by atoms with E-state index in [2.05, 4.69) is 36.6 Å². The molecule has 3 rings (SSSR count). The van der Waals surface area contributed by atoms with E-state index in [4.69, 9.17) is 0 Å². The molecule has 2 aromatic rings. The molecule has 0 unspecified atom stereocenters. The van der Waals surface area contributed by atoms with Crippen molar-refractivity contribution in [3.63, 3.8) is 0 Å². The van der Waals surface area contributed by atoms with Gasteiger partial charge in [0.05, 0.1) is 5.92 Å². The number of carbonyl (C=O) groups is 1. The summed E-state index contributed by atoms with van der Waals surface area (Å²) in [5, 5.41) is 6.50. The highest BCUT2D eigenvalue weighted by Gasteiger charge is 2.29. The lowest BCUT2D eigenvalue weighted by Gasteiger charge is -2.30. The molecule has 1 aliphatic heterocycles. The molecule has 114 valence electrons. The van der Waals surface area contributed by atoms with Crippen LogP contribution in [-0.2, 0) is 11.2 Å². The number of rotatable bonds is 3. The molecular weight excluding hydrogens is 272 g/mol. The van der Waals surface area contributed by atoms with Crippen LogP contribution in [0.2, 0.25) is 0 Å². The second-order valence-corrected chi connectivity index (χ2v) is 5.96. The lowest BCUT2D eigenvalue weighted by atomic mass is 9.87. The fourth-order valence-electron chi connectivity index (χ4n) is 3.04. The van der Waals surface area contributed by atoms with Crippen LogP contribution in [0.3, 0.4) is 0 Å². The van der Waals surface area contributed by atoms with Gasteiger partial charge in [-0.25, -0.2) is 0 Å². The average Bonchev–Trinajstić information content (AvgIpc) is 2.54. The molecule has 22 heavy (non-hydrogen) atoms. The Hall–Kier alpha value is -2.29. The summed E-state index contributed by atoms with van der Waals surface area (Å²) in [6.07, 6.45) is 1.82. The van der Waals surface area contributed by atoms with Crippen molar-refractivity contribution < 1.29 is 4.79 Å². The molecule has 0 saturated carbocycles. The van der Waals surface area contributed by atoms with Gasteiger partial charge in [-0.1, -0.05) is 37.3 Å². The van der Waals surface area contributed by atoms with Crippen molar-refractivity contribution >= 4 is 17.3 Å². The summed E-state index contributed by atoms with van der Waals surface area (Å²) in [6, 6.07) is 16.5. The standard InChI is InChI=1S/C19H22N2O/c1-3-14-8-10-15(11-9-14)21-19(22)17-12-13(2)20-18-7-5-4-6-16(17)18/h4-11,13,17,20H,3,12H2,1-2H3,(H,21,22)/t13-,17+/m0/s1. The molecule has 0 bridgehead atoms. The number of aryl methyl sites for hydroxylation is 1. The molecule has 0 fully saturated rings. The van der Waals surface area contributed by atoms with E-state index in [9.17, 15) is 4.79 Å². The summed E-state index contributed by atoms with van der Waals surface area (Å²) < 4.78 is 0. The maximum Gasteiger partial charge on any atom is 0.232 e. The van der Waals surface area contributed by atoms with E-state index >= 15 is 0 Å². The molecular formula is C19H22N2O. The fourth-order valence-corrected chi connectivity index (χ4v) is 3.04. The normalized spacial score (nSPS) is 19.9. The van der Waals surface area contributed by atoms with Gasteiger partial charge in [0.25, 0.3) is 0 Å². The molecule has 1 heterocycles. The van der Waals surface area contributed by atoms with E-state index in [1.807, 2.05) is 36.4 Å². The van der Waals surface area contributed by atoms with Gasteiger partial charge in [0.1, 0.15) is 0 Å². The zero-order valence-corrected chi connectivity index (χ0v) is 13.1. The molecule has 0 aliphatic carbocycles. The Morgan fingerprint density at radius 2 is 1.91 bits per heavy atom. The predicted molar refractivity (Wildman–Crippen MR) is 91.3 cm³/mol. The number of amides is 1. The van der Waals surface area contributed by atoms with E-state index in [0.29, 0.717) is 6.04 Å². The van der Waals surface area contributed by atoms with E-state index in [1.165, 1.54) is 5.56 Å². The monoisotopic (exact) mass is 294 g/mol. The second-order valence-electron chi connectivity index (χ2n) is 5.96. The van der Waals surface area contributed by atoms with Crippen LogP contribution in [0.25, 0.3) is 0 Å². The van der Waals surface area contributed by atoms with Crippen LogP contribution in [0, 0.1) is 0 Å². The van der Waals surface area contributed by atoms with Gasteiger partial charge in [-0.3, -0.25) is 4.79 Å². The summed E-state index contributed by atoms with van der Waals surface area (Å²) in [5.41, 5.74) is 4.30. The van der Waals surface area contributed by atoms with Gasteiger partial charge in [-0.05, 0) is 49.1 Å². The number of carbonyl (C=O) groups excluding carboxylic acids is 1. The molecule has 2 atom stereocenters. The molecule has 2 N–H and O–H groups in total. The third kappa shape index (κ3) is 2.98. The number of nitrogens with one attached hydrogen (secondary N) is 2. The van der Waals surface area contributed by atoms with Crippen molar-refractivity contribution in [3.8, 4) is 0 Å². The minimum absolute atomic E-state index is 0.0741. The maximum absolute atomic E-state index is 12.7. The first-order chi connectivity index (χ1) is 10.7. The Morgan fingerprint density at radius 1 is 1.18 bits per heavy atom. The largest absolute Gasteiger partial charge is 0.382 e. The highest BCUT2D eigenvalue weighted by atomic mass is 16.1. The summed E-state index contributed by atoms with van der Waals surface area (Å²) in [6.45, 7) is 4.24. The van der Waals surface area contributed by atoms with Crippen molar-refractivity contribution in [3.05, 3.63) is 59.7 Å². The summed E-state index contributed by atoms with van der Waals surface area (Å²) in [7, 11) is 0. The molecule has 0 spiro atoms. The SMILES string of the molecule is CCc1ccc(NC(=O)[C@@H]2C[C@H](C)Nc3ccccc32)cc1. The van der Waals surface area contributed by atoms with E-state index in [1.54, 1.807) is 0 Å². The minimum Gasteiger partial charge on any atom is -0.382 e. The molecule has 1 amide bonds. The molecule has 0 saturated heterocycles. The first kappa shape index (κ1) is 14.6. The number of fused-ring (bicyclic) bond motifs is 1. The molecule has 0 aromatic heterocycles. The lowest BCUT2D eigenvalue weighted by molar-refractivity contribution is -0.117. The highest BCUT2D eigenvalue weighted by Crippen LogP contribution is 2.34. The highest BCUT2D eigenvalue weighted by molar-refractivity contribution is 5.97. The van der Waals surface area contributed by atoms with Crippen LogP contribution in [0.4, 0.5) is 11.4 Å². The van der Waals surface area contributed by atoms with Gasteiger partial charge >= 0.3 is 0 Å². The van der Waals surface area contributed by atoms with E-state index in [-0.39, 0.29) is 11.8 Å². The maximum atomic E-state index is 12.7. The van der Waals surface area contributed by atoms with Crippen LogP contribution < -0.4 is 10.6 Å². The Labute approximate surface area is 131 Å². The fraction of sp³-hybridized carbons (Fsp3) is 0.316. The van der Waals surface area contributed by atoms with Gasteiger partial charge in [0.15, 0.2) is 0 Å². The van der Waals surface area contributed by atoms with Crippen LogP contribution >= 0.6 is 0 Å². The minimum atomic E-state index is -0.0988. The molecule has 0 radical (unpaired) electrons. The third-order valence-electron chi connectivity index (χ3n) is 4.27. The molecule has 2 aromatic carbocycles. The smallest absolute Gasteiger partial charge is 0.232 e. The Morgan fingerprint density at radius 3 is 2.64 bits per heavy atom. The first-order valence-corrected chi connectivity index (χ1v) is 7.92. The predicted octanol–water partition coefficient (Wildman–Crippen LogP) is 4.18. The molecule has 1 aliphatic rings. The van der Waals surface area contributed by atoms with Gasteiger partial charge in [0, 0.05) is 17.4 Å². The summed E-state index contributed by atoms with van der Waals surface area (Å²) >= 11 is 0. The molecule has 3 nitrogen and oxygen atoms in total. The first-order valence-electron chi connectivity index (χ1n) is 7.92. The lowest BCUT2D eigenvalue weighted by Crippen LogP contribution is -2.32. The zero-order chi connectivity index (χ0) is 15.5. The summed E-state index contributed by atoms with van der Waals surface area (Å²) in [5.74, 6) is -0.0247. The van der Waals surface area contributed by atoms with Crippen molar-refractivity contribution in [2.24, 2.45) is 0 Å². The van der Waals surface area contributed by atoms with Gasteiger partial charge in [-0.2, -0.15) is 0 Å². The van der Waals surface area contributed by atoms with Crippen molar-refractivity contribution in [1.82, 2.24) is 0 Å². The van der Waals surface area contributed by atoms with Gasteiger partial charge in [0.2, 0.25) is 5.91 Å². The number of anilines is 2. The quantitative estimate of drug-likeness (QED) is 0.891.